The number of nitrogens with zero attached hydrogens (tertiary/aromatic N) is 3. The van der Waals surface area contributed by atoms with E-state index in [1.165, 1.54) is 4.90 Å². The molecule has 1 aromatic carbocycles. The molecule has 4 rings (SSSR count). The van der Waals surface area contributed by atoms with Gasteiger partial charge >= 0.3 is 0 Å². The van der Waals surface area contributed by atoms with Gasteiger partial charge in [0.05, 0.1) is 0 Å². The van der Waals surface area contributed by atoms with Gasteiger partial charge in [-0.1, -0.05) is 23.2 Å². The zero-order valence-electron chi connectivity index (χ0n) is 16.5. The predicted octanol–water partition coefficient (Wildman–Crippen LogP) is 3.57. The van der Waals surface area contributed by atoms with Crippen LogP contribution in [-0.4, -0.2) is 53.0 Å². The molecule has 0 spiro atoms. The number of halogens is 2. The smallest absolute Gasteiger partial charge is 0.242 e. The highest BCUT2D eigenvalue weighted by Crippen LogP contribution is 2.32. The fourth-order valence-corrected chi connectivity index (χ4v) is 4.59. The summed E-state index contributed by atoms with van der Waals surface area (Å²) >= 11 is 12.2. The van der Waals surface area contributed by atoms with Gasteiger partial charge < -0.3 is 10.0 Å². The lowest BCUT2D eigenvalue weighted by Crippen LogP contribution is -2.47. The molecule has 1 fully saturated rings. The quantitative estimate of drug-likeness (QED) is 0.777. The molecule has 1 saturated heterocycles. The Kier molecular flexibility index (Phi) is 6.27. The van der Waals surface area contributed by atoms with Crippen LogP contribution in [0.3, 0.4) is 0 Å². The molecule has 3 heterocycles. The first-order valence-electron chi connectivity index (χ1n) is 10.1. The van der Waals surface area contributed by atoms with Crippen molar-refractivity contribution < 1.29 is 14.7 Å². The third-order valence-electron chi connectivity index (χ3n) is 5.82. The van der Waals surface area contributed by atoms with Crippen LogP contribution in [0.15, 0.2) is 30.5 Å². The van der Waals surface area contributed by atoms with Gasteiger partial charge in [0.15, 0.2) is 0 Å². The number of hydrogen-bond acceptors (Lipinski definition) is 4. The van der Waals surface area contributed by atoms with Crippen molar-refractivity contribution in [2.45, 2.75) is 25.7 Å². The topological polar surface area (TPSA) is 73.7 Å². The Morgan fingerprint density at radius 3 is 2.43 bits per heavy atom. The number of amides is 2. The highest BCUT2D eigenvalue weighted by atomic mass is 35.5. The van der Waals surface area contributed by atoms with Gasteiger partial charge in [0, 0.05) is 47.9 Å². The molecule has 0 saturated carbocycles. The predicted molar refractivity (Wildman–Crippen MR) is 117 cm³/mol. The zero-order chi connectivity index (χ0) is 21.3. The van der Waals surface area contributed by atoms with E-state index in [1.54, 1.807) is 17.2 Å². The lowest BCUT2D eigenvalue weighted by Gasteiger charge is -2.34. The van der Waals surface area contributed by atoms with Crippen molar-refractivity contribution in [2.24, 2.45) is 5.92 Å². The molecule has 1 aromatic heterocycles. The van der Waals surface area contributed by atoms with Crippen LogP contribution in [0.5, 0.6) is 0 Å². The van der Waals surface area contributed by atoms with Crippen LogP contribution in [0, 0.1) is 5.92 Å². The Hall–Kier alpha value is -2.15. The van der Waals surface area contributed by atoms with Crippen LogP contribution >= 0.6 is 23.2 Å². The van der Waals surface area contributed by atoms with Crippen molar-refractivity contribution in [2.75, 3.05) is 31.1 Å². The van der Waals surface area contributed by atoms with Crippen LogP contribution in [0.25, 0.3) is 11.1 Å². The molecule has 2 aliphatic heterocycles. The molecule has 2 aliphatic rings. The maximum atomic E-state index is 12.8. The normalized spacial score (nSPS) is 17.2. The molecule has 6 nitrogen and oxygen atoms in total. The summed E-state index contributed by atoms with van der Waals surface area (Å²) in [6.45, 7) is 1.37. The molecular weight excluding hydrogens is 425 g/mol. The van der Waals surface area contributed by atoms with E-state index in [0.717, 1.165) is 29.5 Å². The fourth-order valence-electron chi connectivity index (χ4n) is 4.07. The van der Waals surface area contributed by atoms with Crippen LogP contribution in [0.2, 0.25) is 10.0 Å². The standard InChI is InChI=1S/C22H23Cl2N3O3/c23-18-8-16(9-19(24)10-18)17-7-15-1-2-20(29)27(22(15)25-11-17)12-21(30)26-5-3-14(13-28)4-6-26/h7-11,14,28H,1-6,12-13H2. The third kappa shape index (κ3) is 4.46. The lowest BCUT2D eigenvalue weighted by molar-refractivity contribution is -0.133. The Morgan fingerprint density at radius 1 is 1.07 bits per heavy atom. The number of hydrogen-bond donors (Lipinski definition) is 1. The molecule has 30 heavy (non-hydrogen) atoms. The number of carbonyl (C=O) groups is 2. The zero-order valence-corrected chi connectivity index (χ0v) is 18.0. The molecule has 1 N–H and O–H groups in total. The van der Waals surface area contributed by atoms with Gasteiger partial charge in [0.25, 0.3) is 0 Å². The molecule has 0 atom stereocenters. The third-order valence-corrected chi connectivity index (χ3v) is 6.26. The van der Waals surface area contributed by atoms with Gasteiger partial charge in [-0.2, -0.15) is 0 Å². The minimum absolute atomic E-state index is 0.00896. The summed E-state index contributed by atoms with van der Waals surface area (Å²) < 4.78 is 0. The van der Waals surface area contributed by atoms with Gasteiger partial charge in [-0.05, 0) is 60.6 Å². The largest absolute Gasteiger partial charge is 0.396 e. The average molecular weight is 448 g/mol. The number of aryl methyl sites for hydroxylation is 1. The van der Waals surface area contributed by atoms with Gasteiger partial charge in [-0.15, -0.1) is 0 Å². The van der Waals surface area contributed by atoms with Gasteiger partial charge in [-0.25, -0.2) is 4.98 Å². The molecule has 0 aliphatic carbocycles. The van der Waals surface area contributed by atoms with Crippen molar-refractivity contribution in [3.8, 4) is 11.1 Å². The van der Waals surface area contributed by atoms with Crippen LogP contribution in [-0.2, 0) is 16.0 Å². The second-order valence-electron chi connectivity index (χ2n) is 7.85. The van der Waals surface area contributed by atoms with Crippen LogP contribution in [0.1, 0.15) is 24.8 Å². The van der Waals surface area contributed by atoms with E-state index in [9.17, 15) is 14.7 Å². The number of likely N-dealkylation sites (tertiary alicyclic amines) is 1. The lowest BCUT2D eigenvalue weighted by atomic mass is 9.97. The molecule has 2 amide bonds. The molecule has 158 valence electrons. The first kappa shape index (κ1) is 21.1. The Balaban J connectivity index is 1.54. The summed E-state index contributed by atoms with van der Waals surface area (Å²) in [4.78, 5) is 33.2. The Labute approximate surface area is 185 Å². The van der Waals surface area contributed by atoms with E-state index in [1.807, 2.05) is 18.2 Å². The van der Waals surface area contributed by atoms with E-state index in [4.69, 9.17) is 23.2 Å². The average Bonchev–Trinajstić information content (AvgIpc) is 2.74. The second-order valence-corrected chi connectivity index (χ2v) is 8.72. The van der Waals surface area contributed by atoms with Crippen LogP contribution in [0.4, 0.5) is 5.82 Å². The maximum Gasteiger partial charge on any atom is 0.242 e. The van der Waals surface area contributed by atoms with Gasteiger partial charge in [0.2, 0.25) is 11.8 Å². The molecular formula is C22H23Cl2N3O3. The molecule has 0 radical (unpaired) electrons. The van der Waals surface area contributed by atoms with E-state index < -0.39 is 0 Å². The summed E-state index contributed by atoms with van der Waals surface area (Å²) in [5.41, 5.74) is 2.65. The number of anilines is 1. The molecule has 0 bridgehead atoms. The second kappa shape index (κ2) is 8.92. The monoisotopic (exact) mass is 447 g/mol. The molecule has 2 aromatic rings. The van der Waals surface area contributed by atoms with Crippen molar-refractivity contribution in [3.63, 3.8) is 0 Å². The summed E-state index contributed by atoms with van der Waals surface area (Å²) in [6.07, 6.45) is 4.18. The first-order chi connectivity index (χ1) is 14.4. The minimum atomic E-state index is -0.0906. The van der Waals surface area contributed by atoms with Crippen molar-refractivity contribution >= 4 is 40.8 Å². The van der Waals surface area contributed by atoms with Crippen molar-refractivity contribution in [1.82, 2.24) is 9.88 Å². The Morgan fingerprint density at radius 2 is 1.77 bits per heavy atom. The number of piperidine rings is 1. The number of fused-ring (bicyclic) bond motifs is 1. The summed E-state index contributed by atoms with van der Waals surface area (Å²) in [7, 11) is 0. The van der Waals surface area contributed by atoms with E-state index in [2.05, 4.69) is 4.98 Å². The highest BCUT2D eigenvalue weighted by molar-refractivity contribution is 6.35. The van der Waals surface area contributed by atoms with Gasteiger partial charge in [0.1, 0.15) is 12.4 Å². The number of aliphatic hydroxyl groups is 1. The summed E-state index contributed by atoms with van der Waals surface area (Å²) in [6, 6.07) is 7.30. The van der Waals surface area contributed by atoms with Crippen molar-refractivity contribution in [1.29, 1.82) is 0 Å². The van der Waals surface area contributed by atoms with Gasteiger partial charge in [-0.3, -0.25) is 14.5 Å². The van der Waals surface area contributed by atoms with E-state index in [0.29, 0.717) is 41.8 Å². The minimum Gasteiger partial charge on any atom is -0.396 e. The molecule has 0 unspecified atom stereocenters. The Bertz CT molecular complexity index is 954. The number of carbonyl (C=O) groups excluding carboxylic acids is 2. The first-order valence-corrected chi connectivity index (χ1v) is 10.8. The SMILES string of the molecule is O=C(CN1C(=O)CCc2cc(-c3cc(Cl)cc(Cl)c3)cnc21)N1CCC(CO)CC1. The van der Waals surface area contributed by atoms with E-state index in [-0.39, 0.29) is 30.9 Å². The van der Waals surface area contributed by atoms with Crippen molar-refractivity contribution in [3.05, 3.63) is 46.1 Å². The molecule has 8 heteroatoms. The number of benzene rings is 1. The maximum absolute atomic E-state index is 12.8. The number of rotatable bonds is 4. The number of aromatic nitrogens is 1. The number of pyridine rings is 1. The highest BCUT2D eigenvalue weighted by Gasteiger charge is 2.30. The van der Waals surface area contributed by atoms with Crippen LogP contribution < -0.4 is 4.90 Å². The summed E-state index contributed by atoms with van der Waals surface area (Å²) in [5.74, 6) is 0.625. The number of aliphatic hydroxyl groups excluding tert-OH is 1. The fraction of sp³-hybridized carbons (Fsp3) is 0.409. The summed E-state index contributed by atoms with van der Waals surface area (Å²) in [5, 5.41) is 10.4. The van der Waals surface area contributed by atoms with E-state index >= 15 is 0 Å².